The highest BCUT2D eigenvalue weighted by molar-refractivity contribution is 5.91. The van der Waals surface area contributed by atoms with E-state index in [1.165, 1.54) is 6.26 Å². The van der Waals surface area contributed by atoms with Crippen LogP contribution < -0.4 is 5.32 Å². The maximum Gasteiger partial charge on any atom is 0.287 e. The Morgan fingerprint density at radius 3 is 2.80 bits per heavy atom. The number of hydrogen-bond donors (Lipinski definition) is 1. The van der Waals surface area contributed by atoms with Crippen molar-refractivity contribution in [2.45, 2.75) is 33.2 Å². The molecule has 3 rings (SSSR count). The van der Waals surface area contributed by atoms with E-state index in [1.54, 1.807) is 12.1 Å². The molecule has 6 heteroatoms. The second-order valence-electron chi connectivity index (χ2n) is 6.14. The quantitative estimate of drug-likeness (QED) is 0.729. The molecule has 3 aromatic rings. The van der Waals surface area contributed by atoms with Crippen molar-refractivity contribution in [3.8, 4) is 11.4 Å². The van der Waals surface area contributed by atoms with E-state index in [9.17, 15) is 4.79 Å². The van der Waals surface area contributed by atoms with E-state index in [2.05, 4.69) is 22.4 Å². The molecular formula is C19H21N3O3. The zero-order valence-electron chi connectivity index (χ0n) is 14.5. The highest BCUT2D eigenvalue weighted by Crippen LogP contribution is 2.26. The van der Waals surface area contributed by atoms with Gasteiger partial charge < -0.3 is 14.3 Å². The van der Waals surface area contributed by atoms with Gasteiger partial charge in [0.25, 0.3) is 5.91 Å². The number of rotatable bonds is 6. The SMILES string of the molecule is CC[C@H](C)[C@H](NC(=O)c1ccco1)c1nc(-c2cccc(C)c2)no1. The second kappa shape index (κ2) is 7.34. The minimum Gasteiger partial charge on any atom is -0.459 e. The van der Waals surface area contributed by atoms with Crippen molar-refractivity contribution in [1.29, 1.82) is 0 Å². The molecule has 0 aliphatic rings. The third-order valence-corrected chi connectivity index (χ3v) is 4.23. The fourth-order valence-electron chi connectivity index (χ4n) is 2.57. The summed E-state index contributed by atoms with van der Waals surface area (Å²) in [5.74, 6) is 0.993. The van der Waals surface area contributed by atoms with Gasteiger partial charge in [-0.25, -0.2) is 0 Å². The lowest BCUT2D eigenvalue weighted by atomic mass is 9.99. The van der Waals surface area contributed by atoms with Gasteiger partial charge in [0.2, 0.25) is 11.7 Å². The number of furan rings is 1. The third-order valence-electron chi connectivity index (χ3n) is 4.23. The number of nitrogens with one attached hydrogen (secondary N) is 1. The van der Waals surface area contributed by atoms with Crippen molar-refractivity contribution in [2.24, 2.45) is 5.92 Å². The number of benzene rings is 1. The van der Waals surface area contributed by atoms with Crippen molar-refractivity contribution in [1.82, 2.24) is 15.5 Å². The minimum absolute atomic E-state index is 0.129. The number of amides is 1. The predicted molar refractivity (Wildman–Crippen MR) is 92.8 cm³/mol. The van der Waals surface area contributed by atoms with Crippen molar-refractivity contribution in [3.05, 3.63) is 59.9 Å². The van der Waals surface area contributed by atoms with Gasteiger partial charge in [0.1, 0.15) is 6.04 Å². The standard InChI is InChI=1S/C19H21N3O3/c1-4-13(3)16(20-18(23)15-9-6-10-24-15)19-21-17(22-25-19)14-8-5-7-12(2)11-14/h5-11,13,16H,4H2,1-3H3,(H,20,23)/t13-,16-/m0/s1. The first-order valence-electron chi connectivity index (χ1n) is 8.33. The molecule has 0 aliphatic heterocycles. The molecule has 0 spiro atoms. The Morgan fingerprint density at radius 1 is 1.28 bits per heavy atom. The number of carbonyl (C=O) groups is 1. The topological polar surface area (TPSA) is 81.2 Å². The van der Waals surface area contributed by atoms with Gasteiger partial charge in [-0.1, -0.05) is 49.2 Å². The number of hydrogen-bond acceptors (Lipinski definition) is 5. The summed E-state index contributed by atoms with van der Waals surface area (Å²) in [6, 6.07) is 10.8. The summed E-state index contributed by atoms with van der Waals surface area (Å²) in [6.45, 7) is 6.09. The molecule has 0 saturated heterocycles. The first-order valence-corrected chi connectivity index (χ1v) is 8.33. The van der Waals surface area contributed by atoms with Crippen molar-refractivity contribution in [3.63, 3.8) is 0 Å². The van der Waals surface area contributed by atoms with E-state index in [-0.39, 0.29) is 23.6 Å². The lowest BCUT2D eigenvalue weighted by molar-refractivity contribution is 0.0882. The lowest BCUT2D eigenvalue weighted by Gasteiger charge is -2.20. The maximum absolute atomic E-state index is 12.3. The normalized spacial score (nSPS) is 13.4. The first kappa shape index (κ1) is 17.0. The highest BCUT2D eigenvalue weighted by atomic mass is 16.5. The number of aryl methyl sites for hydroxylation is 1. The van der Waals surface area contributed by atoms with Crippen LogP contribution in [0.3, 0.4) is 0 Å². The molecule has 0 saturated carbocycles. The minimum atomic E-state index is -0.381. The first-order chi connectivity index (χ1) is 12.1. The molecule has 0 bridgehead atoms. The monoisotopic (exact) mass is 339 g/mol. The Hall–Kier alpha value is -2.89. The summed E-state index contributed by atoms with van der Waals surface area (Å²) in [4.78, 5) is 16.8. The van der Waals surface area contributed by atoms with Gasteiger partial charge in [0.05, 0.1) is 6.26 Å². The van der Waals surface area contributed by atoms with Gasteiger partial charge in [-0.3, -0.25) is 4.79 Å². The van der Waals surface area contributed by atoms with Crippen LogP contribution in [-0.2, 0) is 0 Å². The van der Waals surface area contributed by atoms with Crippen LogP contribution in [0.15, 0.2) is 51.6 Å². The summed E-state index contributed by atoms with van der Waals surface area (Å²) >= 11 is 0. The van der Waals surface area contributed by atoms with Crippen LogP contribution in [0.2, 0.25) is 0 Å². The Labute approximate surface area is 146 Å². The highest BCUT2D eigenvalue weighted by Gasteiger charge is 2.27. The number of carbonyl (C=O) groups excluding carboxylic acids is 1. The predicted octanol–water partition coefficient (Wildman–Crippen LogP) is 4.16. The summed E-state index contributed by atoms with van der Waals surface area (Å²) in [5.41, 5.74) is 2.00. The van der Waals surface area contributed by atoms with Crippen LogP contribution in [0.1, 0.15) is 48.3 Å². The smallest absolute Gasteiger partial charge is 0.287 e. The van der Waals surface area contributed by atoms with Gasteiger partial charge >= 0.3 is 0 Å². The van der Waals surface area contributed by atoms with Gasteiger partial charge in [-0.05, 0) is 31.0 Å². The zero-order chi connectivity index (χ0) is 17.8. The van der Waals surface area contributed by atoms with Gasteiger partial charge in [0, 0.05) is 5.56 Å². The zero-order valence-corrected chi connectivity index (χ0v) is 14.5. The summed E-state index contributed by atoms with van der Waals surface area (Å²) < 4.78 is 10.6. The Balaban J connectivity index is 1.85. The largest absolute Gasteiger partial charge is 0.459 e. The molecule has 1 aromatic carbocycles. The van der Waals surface area contributed by atoms with Crippen molar-refractivity contribution < 1.29 is 13.7 Å². The van der Waals surface area contributed by atoms with Gasteiger partial charge in [-0.15, -0.1) is 0 Å². The van der Waals surface area contributed by atoms with E-state index < -0.39 is 0 Å². The molecule has 2 atom stereocenters. The fourth-order valence-corrected chi connectivity index (χ4v) is 2.57. The van der Waals surface area contributed by atoms with E-state index in [0.29, 0.717) is 11.7 Å². The van der Waals surface area contributed by atoms with Crippen molar-refractivity contribution in [2.75, 3.05) is 0 Å². The molecule has 0 fully saturated rings. The van der Waals surface area contributed by atoms with Crippen LogP contribution in [0, 0.1) is 12.8 Å². The molecule has 130 valence electrons. The maximum atomic E-state index is 12.3. The summed E-state index contributed by atoms with van der Waals surface area (Å²) in [6.07, 6.45) is 2.32. The molecule has 0 unspecified atom stereocenters. The van der Waals surface area contributed by atoms with E-state index >= 15 is 0 Å². The molecule has 0 aliphatic carbocycles. The molecular weight excluding hydrogens is 318 g/mol. The fraction of sp³-hybridized carbons (Fsp3) is 0.316. The van der Waals surface area contributed by atoms with E-state index in [0.717, 1.165) is 17.5 Å². The van der Waals surface area contributed by atoms with Crippen LogP contribution in [-0.4, -0.2) is 16.0 Å². The number of nitrogens with zero attached hydrogens (tertiary/aromatic N) is 2. The molecule has 25 heavy (non-hydrogen) atoms. The third kappa shape index (κ3) is 3.79. The Kier molecular flexibility index (Phi) is 4.97. The molecule has 0 radical (unpaired) electrons. The average molecular weight is 339 g/mol. The molecule has 1 amide bonds. The lowest BCUT2D eigenvalue weighted by Crippen LogP contribution is -2.32. The van der Waals surface area contributed by atoms with Crippen LogP contribution in [0.5, 0.6) is 0 Å². The van der Waals surface area contributed by atoms with Gasteiger partial charge in [0.15, 0.2) is 5.76 Å². The average Bonchev–Trinajstić information content (AvgIpc) is 3.30. The Bertz CT molecular complexity index is 839. The van der Waals surface area contributed by atoms with Crippen molar-refractivity contribution >= 4 is 5.91 Å². The van der Waals surface area contributed by atoms with Crippen LogP contribution in [0.4, 0.5) is 0 Å². The molecule has 2 heterocycles. The molecule has 2 aromatic heterocycles. The molecule has 1 N–H and O–H groups in total. The Morgan fingerprint density at radius 2 is 2.12 bits per heavy atom. The van der Waals surface area contributed by atoms with Crippen LogP contribution in [0.25, 0.3) is 11.4 Å². The number of aromatic nitrogens is 2. The van der Waals surface area contributed by atoms with E-state index in [1.807, 2.05) is 38.1 Å². The summed E-state index contributed by atoms with van der Waals surface area (Å²) in [7, 11) is 0. The van der Waals surface area contributed by atoms with Crippen LogP contribution >= 0.6 is 0 Å². The van der Waals surface area contributed by atoms with Gasteiger partial charge in [-0.2, -0.15) is 4.98 Å². The van der Waals surface area contributed by atoms with E-state index in [4.69, 9.17) is 8.94 Å². The molecule has 6 nitrogen and oxygen atoms in total. The second-order valence-corrected chi connectivity index (χ2v) is 6.14. The summed E-state index contributed by atoms with van der Waals surface area (Å²) in [5, 5.41) is 7.01.